The number of nitrogens with one attached hydrogen (secondary N) is 1. The summed E-state index contributed by atoms with van der Waals surface area (Å²) in [6, 6.07) is 23.1. The standard InChI is InChI=1S/C29H24N2O3S/c1-4-34-29(33)26-21-10-6-8-12-25(21)35-28(26)31-27(32)22-16-24(19-14-13-17(2)18(3)15-19)30-23-11-7-5-9-20(22)23/h5-16H,4H2,1-3H3,(H,31,32). The van der Waals surface area contributed by atoms with E-state index in [0.717, 1.165) is 37.8 Å². The molecule has 3 aromatic carbocycles. The van der Waals surface area contributed by atoms with E-state index in [0.29, 0.717) is 16.1 Å². The van der Waals surface area contributed by atoms with Crippen LogP contribution in [0.5, 0.6) is 0 Å². The number of aromatic nitrogens is 1. The topological polar surface area (TPSA) is 68.3 Å². The van der Waals surface area contributed by atoms with Gasteiger partial charge in [0, 0.05) is 21.0 Å². The molecule has 0 saturated carbocycles. The number of aryl methyl sites for hydroxylation is 2. The predicted octanol–water partition coefficient (Wildman–Crippen LogP) is 7.16. The first-order valence-electron chi connectivity index (χ1n) is 11.4. The molecule has 0 radical (unpaired) electrons. The lowest BCUT2D eigenvalue weighted by Gasteiger charge is -2.12. The Hall–Kier alpha value is -4.03. The van der Waals surface area contributed by atoms with Crippen LogP contribution < -0.4 is 5.32 Å². The van der Waals surface area contributed by atoms with E-state index in [1.807, 2.05) is 60.7 Å². The van der Waals surface area contributed by atoms with E-state index in [1.54, 1.807) is 6.92 Å². The molecule has 1 N–H and O–H groups in total. The molecule has 0 fully saturated rings. The molecule has 35 heavy (non-hydrogen) atoms. The van der Waals surface area contributed by atoms with Gasteiger partial charge >= 0.3 is 5.97 Å². The lowest BCUT2D eigenvalue weighted by molar-refractivity contribution is 0.0530. The van der Waals surface area contributed by atoms with Gasteiger partial charge < -0.3 is 10.1 Å². The second-order valence-electron chi connectivity index (χ2n) is 8.35. The minimum atomic E-state index is -0.448. The SMILES string of the molecule is CCOC(=O)c1c(NC(=O)c2cc(-c3ccc(C)c(C)c3)nc3ccccc23)sc2ccccc12. The number of amides is 1. The van der Waals surface area contributed by atoms with Crippen LogP contribution in [0.4, 0.5) is 5.00 Å². The Kier molecular flexibility index (Phi) is 6.05. The molecule has 2 heterocycles. The molecule has 0 aliphatic heterocycles. The van der Waals surface area contributed by atoms with Gasteiger partial charge in [-0.15, -0.1) is 11.3 Å². The van der Waals surface area contributed by atoms with Crippen LogP contribution in [0, 0.1) is 13.8 Å². The summed E-state index contributed by atoms with van der Waals surface area (Å²) < 4.78 is 6.20. The second kappa shape index (κ2) is 9.31. The lowest BCUT2D eigenvalue weighted by Crippen LogP contribution is -2.15. The third-order valence-electron chi connectivity index (χ3n) is 6.07. The molecule has 0 unspecified atom stereocenters. The first kappa shape index (κ1) is 22.7. The van der Waals surface area contributed by atoms with Crippen LogP contribution in [0.25, 0.3) is 32.2 Å². The van der Waals surface area contributed by atoms with E-state index in [2.05, 4.69) is 31.3 Å². The molecule has 0 saturated heterocycles. The van der Waals surface area contributed by atoms with Gasteiger partial charge in [0.25, 0.3) is 5.91 Å². The van der Waals surface area contributed by atoms with Crippen LogP contribution >= 0.6 is 11.3 Å². The van der Waals surface area contributed by atoms with Crippen molar-refractivity contribution in [3.8, 4) is 11.3 Å². The van der Waals surface area contributed by atoms with E-state index < -0.39 is 5.97 Å². The fourth-order valence-corrected chi connectivity index (χ4v) is 5.21. The highest BCUT2D eigenvalue weighted by Gasteiger charge is 2.23. The number of benzene rings is 3. The largest absolute Gasteiger partial charge is 0.462 e. The molecule has 6 heteroatoms. The number of hydrogen-bond donors (Lipinski definition) is 1. The van der Waals surface area contributed by atoms with Crippen molar-refractivity contribution < 1.29 is 14.3 Å². The van der Waals surface area contributed by atoms with Crippen molar-refractivity contribution in [1.82, 2.24) is 4.98 Å². The van der Waals surface area contributed by atoms with Crippen molar-refractivity contribution in [3.05, 3.63) is 95.1 Å². The molecule has 2 aromatic heterocycles. The van der Waals surface area contributed by atoms with Gasteiger partial charge in [-0.25, -0.2) is 9.78 Å². The maximum absolute atomic E-state index is 13.7. The number of hydrogen-bond acceptors (Lipinski definition) is 5. The molecule has 1 amide bonds. The van der Waals surface area contributed by atoms with Crippen molar-refractivity contribution in [2.45, 2.75) is 20.8 Å². The molecule has 0 bridgehead atoms. The summed E-state index contributed by atoms with van der Waals surface area (Å²) in [5, 5.41) is 4.99. The van der Waals surface area contributed by atoms with E-state index in [1.165, 1.54) is 16.9 Å². The van der Waals surface area contributed by atoms with Gasteiger partial charge in [-0.3, -0.25) is 4.79 Å². The minimum Gasteiger partial charge on any atom is -0.462 e. The van der Waals surface area contributed by atoms with E-state index in [9.17, 15) is 9.59 Å². The number of pyridine rings is 1. The van der Waals surface area contributed by atoms with E-state index in [-0.39, 0.29) is 12.5 Å². The van der Waals surface area contributed by atoms with Gasteiger partial charge in [0.2, 0.25) is 0 Å². The first-order valence-corrected chi connectivity index (χ1v) is 12.3. The molecule has 0 atom stereocenters. The number of esters is 1. The van der Waals surface area contributed by atoms with Gasteiger partial charge in [0.15, 0.2) is 0 Å². The van der Waals surface area contributed by atoms with Gasteiger partial charge in [-0.05, 0) is 56.2 Å². The number of rotatable bonds is 5. The van der Waals surface area contributed by atoms with E-state index >= 15 is 0 Å². The van der Waals surface area contributed by atoms with Crippen LogP contribution in [0.2, 0.25) is 0 Å². The van der Waals surface area contributed by atoms with Crippen molar-refractivity contribution in [3.63, 3.8) is 0 Å². The number of thiophene rings is 1. The quantitative estimate of drug-likeness (QED) is 0.271. The second-order valence-corrected chi connectivity index (χ2v) is 9.40. The average Bonchev–Trinajstić information content (AvgIpc) is 3.23. The monoisotopic (exact) mass is 480 g/mol. The predicted molar refractivity (Wildman–Crippen MR) is 142 cm³/mol. The fraction of sp³-hybridized carbons (Fsp3) is 0.138. The molecular weight excluding hydrogens is 456 g/mol. The van der Waals surface area contributed by atoms with Crippen LogP contribution in [0.15, 0.2) is 72.8 Å². The third-order valence-corrected chi connectivity index (χ3v) is 7.15. The Morgan fingerprint density at radius 1 is 0.914 bits per heavy atom. The Labute approximate surface area is 207 Å². The number of fused-ring (bicyclic) bond motifs is 2. The van der Waals surface area contributed by atoms with Crippen molar-refractivity contribution >= 4 is 49.2 Å². The van der Waals surface area contributed by atoms with Gasteiger partial charge in [0.05, 0.1) is 23.4 Å². The maximum Gasteiger partial charge on any atom is 0.341 e. The highest BCUT2D eigenvalue weighted by Crippen LogP contribution is 2.37. The molecule has 174 valence electrons. The zero-order valence-electron chi connectivity index (χ0n) is 19.7. The summed E-state index contributed by atoms with van der Waals surface area (Å²) in [7, 11) is 0. The third kappa shape index (κ3) is 4.29. The molecular formula is C29H24N2O3S. The summed E-state index contributed by atoms with van der Waals surface area (Å²) >= 11 is 1.36. The molecule has 5 rings (SSSR count). The van der Waals surface area contributed by atoms with E-state index in [4.69, 9.17) is 9.72 Å². The number of carbonyl (C=O) groups excluding carboxylic acids is 2. The lowest BCUT2D eigenvalue weighted by atomic mass is 10.0. The Bertz CT molecular complexity index is 1600. The van der Waals surface area contributed by atoms with Crippen LogP contribution in [-0.2, 0) is 4.74 Å². The van der Waals surface area contributed by atoms with Gasteiger partial charge in [-0.1, -0.05) is 48.5 Å². The fourth-order valence-electron chi connectivity index (χ4n) is 4.12. The smallest absolute Gasteiger partial charge is 0.341 e. The number of para-hydroxylation sites is 1. The molecule has 0 aliphatic rings. The Morgan fingerprint density at radius 2 is 1.66 bits per heavy atom. The summed E-state index contributed by atoms with van der Waals surface area (Å²) in [6.07, 6.45) is 0. The molecule has 0 aliphatic carbocycles. The first-order chi connectivity index (χ1) is 17.0. The zero-order chi connectivity index (χ0) is 24.5. The molecule has 5 nitrogen and oxygen atoms in total. The highest BCUT2D eigenvalue weighted by molar-refractivity contribution is 7.23. The Morgan fingerprint density at radius 3 is 2.43 bits per heavy atom. The molecule has 5 aromatic rings. The van der Waals surface area contributed by atoms with Gasteiger partial charge in [0.1, 0.15) is 10.6 Å². The van der Waals surface area contributed by atoms with Crippen LogP contribution in [0.3, 0.4) is 0 Å². The number of nitrogens with zero attached hydrogens (tertiary/aromatic N) is 1. The van der Waals surface area contributed by atoms with Crippen LogP contribution in [-0.4, -0.2) is 23.5 Å². The number of ether oxygens (including phenoxy) is 1. The van der Waals surface area contributed by atoms with Crippen molar-refractivity contribution in [1.29, 1.82) is 0 Å². The average molecular weight is 481 g/mol. The summed E-state index contributed by atoms with van der Waals surface area (Å²) in [4.78, 5) is 31.3. The van der Waals surface area contributed by atoms with Crippen molar-refractivity contribution in [2.24, 2.45) is 0 Å². The van der Waals surface area contributed by atoms with Crippen LogP contribution in [0.1, 0.15) is 38.8 Å². The highest BCUT2D eigenvalue weighted by atomic mass is 32.1. The Balaban J connectivity index is 1.61. The number of carbonyl (C=O) groups is 2. The maximum atomic E-state index is 13.7. The van der Waals surface area contributed by atoms with Gasteiger partial charge in [-0.2, -0.15) is 0 Å². The summed E-state index contributed by atoms with van der Waals surface area (Å²) in [5.41, 5.74) is 5.64. The number of anilines is 1. The summed E-state index contributed by atoms with van der Waals surface area (Å²) in [6.45, 7) is 6.15. The van der Waals surface area contributed by atoms with Crippen molar-refractivity contribution in [2.75, 3.05) is 11.9 Å². The zero-order valence-corrected chi connectivity index (χ0v) is 20.5. The molecule has 0 spiro atoms. The summed E-state index contributed by atoms with van der Waals surface area (Å²) in [5.74, 6) is -0.749. The minimum absolute atomic E-state index is 0.255. The normalized spacial score (nSPS) is 11.1.